The van der Waals surface area contributed by atoms with Crippen LogP contribution in [0, 0.1) is 0 Å². The first kappa shape index (κ1) is 14.7. The van der Waals surface area contributed by atoms with E-state index < -0.39 is 0 Å². The van der Waals surface area contributed by atoms with Crippen molar-refractivity contribution >= 4 is 28.8 Å². The molecule has 0 saturated heterocycles. The molecule has 0 aliphatic carbocycles. The van der Waals surface area contributed by atoms with Gasteiger partial charge in [-0.25, -0.2) is 0 Å². The number of hydrogen-bond donors (Lipinski definition) is 3. The van der Waals surface area contributed by atoms with E-state index in [4.69, 9.17) is 0 Å². The van der Waals surface area contributed by atoms with E-state index >= 15 is 0 Å². The topological polar surface area (TPSA) is 70.2 Å². The molecular formula is C12H19N3O2S. The monoisotopic (exact) mass is 269 g/mol. The molecule has 5 nitrogen and oxygen atoms in total. The Morgan fingerprint density at radius 1 is 1.39 bits per heavy atom. The zero-order valence-electron chi connectivity index (χ0n) is 10.9. The van der Waals surface area contributed by atoms with E-state index in [1.165, 1.54) is 6.92 Å². The van der Waals surface area contributed by atoms with E-state index in [1.54, 1.807) is 11.3 Å². The molecule has 1 aromatic rings. The molecule has 0 atom stereocenters. The van der Waals surface area contributed by atoms with E-state index in [9.17, 15) is 9.59 Å². The maximum Gasteiger partial charge on any atom is 0.234 e. The Bertz CT molecular complexity index is 415. The molecule has 1 rings (SSSR count). The summed E-state index contributed by atoms with van der Waals surface area (Å²) < 4.78 is 0. The van der Waals surface area contributed by atoms with Gasteiger partial charge in [0, 0.05) is 24.4 Å². The molecule has 1 aromatic heterocycles. The third-order valence-corrected chi connectivity index (χ3v) is 3.00. The maximum absolute atomic E-state index is 11.4. The maximum atomic E-state index is 11.4. The van der Waals surface area contributed by atoms with Crippen molar-refractivity contribution < 1.29 is 9.59 Å². The van der Waals surface area contributed by atoms with Crippen LogP contribution in [0.3, 0.4) is 0 Å². The van der Waals surface area contributed by atoms with Gasteiger partial charge in [0.15, 0.2) is 0 Å². The minimum absolute atomic E-state index is 0.0253. The Hall–Kier alpha value is -1.40. The van der Waals surface area contributed by atoms with Crippen molar-refractivity contribution in [3.8, 4) is 0 Å². The number of nitrogens with one attached hydrogen (secondary N) is 3. The predicted molar refractivity (Wildman–Crippen MR) is 73.6 cm³/mol. The second-order valence-corrected chi connectivity index (χ2v) is 5.27. The third kappa shape index (κ3) is 5.29. The summed E-state index contributed by atoms with van der Waals surface area (Å²) in [6, 6.07) is 2.01. The molecule has 0 spiro atoms. The predicted octanol–water partition coefficient (Wildman–Crippen LogP) is 1.32. The summed E-state index contributed by atoms with van der Waals surface area (Å²) in [4.78, 5) is 23.4. The summed E-state index contributed by atoms with van der Waals surface area (Å²) in [5.41, 5.74) is 0.810. The fraction of sp³-hybridized carbons (Fsp3) is 0.500. The first-order chi connectivity index (χ1) is 8.49. The fourth-order valence-corrected chi connectivity index (χ4v) is 2.24. The summed E-state index contributed by atoms with van der Waals surface area (Å²) in [7, 11) is 0. The highest BCUT2D eigenvalue weighted by molar-refractivity contribution is 7.10. The molecule has 0 fully saturated rings. The van der Waals surface area contributed by atoms with Crippen LogP contribution in [-0.4, -0.2) is 24.4 Å². The van der Waals surface area contributed by atoms with E-state index in [0.717, 1.165) is 10.6 Å². The molecule has 0 radical (unpaired) electrons. The van der Waals surface area contributed by atoms with Crippen molar-refractivity contribution in [2.75, 3.05) is 11.9 Å². The molecule has 0 aliphatic heterocycles. The molecular weight excluding hydrogens is 250 g/mol. The van der Waals surface area contributed by atoms with Gasteiger partial charge in [0.1, 0.15) is 0 Å². The van der Waals surface area contributed by atoms with Gasteiger partial charge in [0.25, 0.3) is 0 Å². The average Bonchev–Trinajstić information content (AvgIpc) is 2.63. The second-order valence-electron chi connectivity index (χ2n) is 4.26. The van der Waals surface area contributed by atoms with Gasteiger partial charge in [-0.1, -0.05) is 0 Å². The van der Waals surface area contributed by atoms with Crippen LogP contribution in [0.25, 0.3) is 0 Å². The molecule has 100 valence electrons. The highest BCUT2D eigenvalue weighted by Crippen LogP contribution is 2.21. The lowest BCUT2D eigenvalue weighted by Crippen LogP contribution is -2.37. The van der Waals surface area contributed by atoms with Gasteiger partial charge in [-0.2, -0.15) is 0 Å². The van der Waals surface area contributed by atoms with Crippen LogP contribution in [0.2, 0.25) is 0 Å². The number of hydrogen-bond acceptors (Lipinski definition) is 4. The molecule has 3 N–H and O–H groups in total. The zero-order valence-corrected chi connectivity index (χ0v) is 11.7. The van der Waals surface area contributed by atoms with Gasteiger partial charge >= 0.3 is 0 Å². The first-order valence-electron chi connectivity index (χ1n) is 5.83. The van der Waals surface area contributed by atoms with Crippen molar-refractivity contribution in [1.82, 2.24) is 10.6 Å². The van der Waals surface area contributed by atoms with Crippen LogP contribution in [0.5, 0.6) is 0 Å². The Kier molecular flexibility index (Phi) is 5.80. The largest absolute Gasteiger partial charge is 0.353 e. The van der Waals surface area contributed by atoms with Crippen LogP contribution in [0.15, 0.2) is 11.4 Å². The smallest absolute Gasteiger partial charge is 0.234 e. The molecule has 0 aromatic carbocycles. The van der Waals surface area contributed by atoms with Crippen LogP contribution in [0.1, 0.15) is 25.6 Å². The number of amides is 2. The second kappa shape index (κ2) is 7.13. The van der Waals surface area contributed by atoms with Gasteiger partial charge < -0.3 is 16.0 Å². The summed E-state index contributed by atoms with van der Waals surface area (Å²) in [5.74, 6) is -0.116. The highest BCUT2D eigenvalue weighted by Gasteiger charge is 2.07. The highest BCUT2D eigenvalue weighted by atomic mass is 32.1. The van der Waals surface area contributed by atoms with Crippen molar-refractivity contribution in [2.24, 2.45) is 0 Å². The Labute approximate surface area is 111 Å². The molecule has 2 amide bonds. The summed E-state index contributed by atoms with van der Waals surface area (Å²) in [6.45, 7) is 6.16. The molecule has 0 unspecified atom stereocenters. The molecule has 18 heavy (non-hydrogen) atoms. The molecule has 0 saturated carbocycles. The number of anilines is 1. The van der Waals surface area contributed by atoms with Crippen molar-refractivity contribution in [2.45, 2.75) is 33.4 Å². The van der Waals surface area contributed by atoms with E-state index in [0.29, 0.717) is 6.54 Å². The lowest BCUT2D eigenvalue weighted by molar-refractivity contribution is -0.120. The number of carbonyl (C=O) groups is 2. The Morgan fingerprint density at radius 3 is 2.72 bits per heavy atom. The quantitative estimate of drug-likeness (QED) is 0.729. The Balaban J connectivity index is 2.37. The van der Waals surface area contributed by atoms with Gasteiger partial charge in [-0.15, -0.1) is 11.3 Å². The average molecular weight is 269 g/mol. The van der Waals surface area contributed by atoms with E-state index in [2.05, 4.69) is 16.0 Å². The van der Waals surface area contributed by atoms with E-state index in [1.807, 2.05) is 25.3 Å². The summed E-state index contributed by atoms with van der Waals surface area (Å²) in [6.07, 6.45) is 0. The van der Waals surface area contributed by atoms with Crippen LogP contribution >= 0.6 is 11.3 Å². The van der Waals surface area contributed by atoms with Crippen molar-refractivity contribution in [3.63, 3.8) is 0 Å². The van der Waals surface area contributed by atoms with Gasteiger partial charge in [0.2, 0.25) is 11.8 Å². The van der Waals surface area contributed by atoms with Gasteiger partial charge in [0.05, 0.1) is 12.2 Å². The minimum Gasteiger partial charge on any atom is -0.353 e. The van der Waals surface area contributed by atoms with Gasteiger partial charge in [-0.3, -0.25) is 9.59 Å². The molecule has 6 heteroatoms. The van der Waals surface area contributed by atoms with Crippen molar-refractivity contribution in [1.29, 1.82) is 0 Å². The molecule has 0 aliphatic rings. The van der Waals surface area contributed by atoms with E-state index in [-0.39, 0.29) is 24.4 Å². The zero-order chi connectivity index (χ0) is 13.5. The first-order valence-corrected chi connectivity index (χ1v) is 6.71. The third-order valence-electron chi connectivity index (χ3n) is 2.08. The minimum atomic E-state index is -0.0906. The summed E-state index contributed by atoms with van der Waals surface area (Å²) in [5, 5.41) is 10.5. The van der Waals surface area contributed by atoms with Crippen molar-refractivity contribution in [3.05, 3.63) is 16.3 Å². The number of rotatable bonds is 6. The van der Waals surface area contributed by atoms with Crippen LogP contribution in [-0.2, 0) is 16.1 Å². The standard InChI is InChI=1S/C12H19N3O2S/c1-8(2)14-12(17)7-13-6-11-10(4-5-18-11)15-9(3)16/h4-5,8,13H,6-7H2,1-3H3,(H,14,17)(H,15,16). The lowest BCUT2D eigenvalue weighted by Gasteiger charge is -2.09. The Morgan fingerprint density at radius 2 is 2.11 bits per heavy atom. The molecule has 0 bridgehead atoms. The SMILES string of the molecule is CC(=O)Nc1ccsc1CNCC(=O)NC(C)C. The fourth-order valence-electron chi connectivity index (χ4n) is 1.44. The van der Waals surface area contributed by atoms with Crippen LogP contribution < -0.4 is 16.0 Å². The van der Waals surface area contributed by atoms with Gasteiger partial charge in [-0.05, 0) is 25.3 Å². The number of thiophene rings is 1. The summed E-state index contributed by atoms with van der Waals surface area (Å²) >= 11 is 1.55. The van der Waals surface area contributed by atoms with Crippen LogP contribution in [0.4, 0.5) is 5.69 Å². The lowest BCUT2D eigenvalue weighted by atomic mass is 10.3. The number of carbonyl (C=O) groups excluding carboxylic acids is 2. The normalized spacial score (nSPS) is 10.4. The molecule has 1 heterocycles.